The first kappa shape index (κ1) is 22.3. The van der Waals surface area contributed by atoms with Crippen LogP contribution in [0.25, 0.3) is 0 Å². The average molecular weight is 374 g/mol. The number of esters is 1. The van der Waals surface area contributed by atoms with Crippen molar-refractivity contribution in [3.63, 3.8) is 0 Å². The lowest BCUT2D eigenvalue weighted by Gasteiger charge is -2.25. The second kappa shape index (κ2) is 8.41. The van der Waals surface area contributed by atoms with Gasteiger partial charge < -0.3 is 4.74 Å². The molecule has 0 aromatic carbocycles. The minimum atomic E-state index is -3.84. The van der Waals surface area contributed by atoms with E-state index in [1.54, 1.807) is 27.7 Å². The highest BCUT2D eigenvalue weighted by atomic mass is 32.2. The molecule has 23 heavy (non-hydrogen) atoms. The van der Waals surface area contributed by atoms with E-state index in [9.17, 15) is 21.6 Å². The molecule has 0 bridgehead atoms. The third-order valence-electron chi connectivity index (χ3n) is 2.47. The van der Waals surface area contributed by atoms with Crippen molar-refractivity contribution in [3.05, 3.63) is 0 Å². The van der Waals surface area contributed by atoms with Crippen molar-refractivity contribution in [1.29, 1.82) is 0 Å². The number of hydrogen-bond donors (Lipinski definition) is 0. The summed E-state index contributed by atoms with van der Waals surface area (Å²) in [6.07, 6.45) is -0.375. The van der Waals surface area contributed by atoms with Gasteiger partial charge in [-0.1, -0.05) is 6.92 Å². The van der Waals surface area contributed by atoms with Gasteiger partial charge in [-0.05, 0) is 33.6 Å². The normalized spacial score (nSPS) is 15.9. The summed E-state index contributed by atoms with van der Waals surface area (Å²) in [5, 5.41) is 0. The first-order chi connectivity index (χ1) is 10.1. The third kappa shape index (κ3) is 12.4. The van der Waals surface area contributed by atoms with E-state index in [1.165, 1.54) is 0 Å². The van der Waals surface area contributed by atoms with E-state index in [0.717, 1.165) is 12.5 Å². The van der Waals surface area contributed by atoms with Crippen LogP contribution >= 0.6 is 0 Å². The van der Waals surface area contributed by atoms with Gasteiger partial charge in [0, 0.05) is 6.42 Å². The molecule has 0 radical (unpaired) electrons. The molecule has 138 valence electrons. The van der Waals surface area contributed by atoms with Crippen LogP contribution in [0.5, 0.6) is 0 Å². The highest BCUT2D eigenvalue weighted by Crippen LogP contribution is 2.19. The van der Waals surface area contributed by atoms with Gasteiger partial charge in [0.15, 0.2) is 0 Å². The van der Waals surface area contributed by atoms with Crippen LogP contribution in [0.15, 0.2) is 0 Å². The van der Waals surface area contributed by atoms with E-state index < -0.39 is 44.0 Å². The van der Waals surface area contributed by atoms with E-state index in [1.807, 2.05) is 0 Å². The van der Waals surface area contributed by atoms with Crippen LogP contribution in [0.2, 0.25) is 0 Å². The summed E-state index contributed by atoms with van der Waals surface area (Å²) in [4.78, 5) is 11.7. The Morgan fingerprint density at radius 2 is 1.39 bits per heavy atom. The van der Waals surface area contributed by atoms with Crippen molar-refractivity contribution < 1.29 is 34.7 Å². The predicted octanol–water partition coefficient (Wildman–Crippen LogP) is 1.21. The van der Waals surface area contributed by atoms with E-state index in [4.69, 9.17) is 13.1 Å². The van der Waals surface area contributed by atoms with Gasteiger partial charge in [0.1, 0.15) is 17.8 Å². The van der Waals surface area contributed by atoms with Crippen LogP contribution in [0.3, 0.4) is 0 Å². The first-order valence-corrected chi connectivity index (χ1v) is 10.7. The molecule has 8 nitrogen and oxygen atoms in total. The number of ether oxygens (including phenoxy) is 1. The van der Waals surface area contributed by atoms with Crippen LogP contribution < -0.4 is 0 Å². The van der Waals surface area contributed by atoms with Crippen molar-refractivity contribution in [2.75, 3.05) is 12.5 Å². The molecule has 0 rings (SSSR count). The largest absolute Gasteiger partial charge is 0.460 e. The zero-order valence-electron chi connectivity index (χ0n) is 14.4. The minimum Gasteiger partial charge on any atom is -0.460 e. The van der Waals surface area contributed by atoms with Gasteiger partial charge in [-0.15, -0.1) is 0 Å². The van der Waals surface area contributed by atoms with Gasteiger partial charge >= 0.3 is 5.97 Å². The molecule has 0 unspecified atom stereocenters. The van der Waals surface area contributed by atoms with Crippen molar-refractivity contribution in [2.24, 2.45) is 0 Å². The van der Waals surface area contributed by atoms with E-state index in [2.05, 4.69) is 0 Å². The van der Waals surface area contributed by atoms with E-state index >= 15 is 0 Å². The number of rotatable bonds is 9. The Kier molecular flexibility index (Phi) is 8.15. The lowest BCUT2D eigenvalue weighted by molar-refractivity contribution is -0.155. The average Bonchev–Trinajstić information content (AvgIpc) is 2.26. The maximum Gasteiger partial charge on any atom is 0.306 e. The summed E-state index contributed by atoms with van der Waals surface area (Å²) in [6.45, 7) is 6.74. The third-order valence-corrected chi connectivity index (χ3v) is 3.66. The molecule has 0 N–H and O–H groups in total. The molecule has 0 aromatic heterocycles. The predicted molar refractivity (Wildman–Crippen MR) is 84.8 cm³/mol. The summed E-state index contributed by atoms with van der Waals surface area (Å²) in [7, 11) is -7.64. The second-order valence-corrected chi connectivity index (χ2v) is 9.41. The smallest absolute Gasteiger partial charge is 0.306 e. The molecule has 0 aliphatic heterocycles. The van der Waals surface area contributed by atoms with Crippen LogP contribution in [-0.4, -0.2) is 53.1 Å². The topological polar surface area (TPSA) is 113 Å². The molecule has 0 amide bonds. The minimum absolute atomic E-state index is 0.0456. The maximum atomic E-state index is 11.7. The fraction of sp³-hybridized carbons (Fsp3) is 0.923. The monoisotopic (exact) mass is 374 g/mol. The van der Waals surface area contributed by atoms with Crippen LogP contribution in [-0.2, 0) is 38.1 Å². The Morgan fingerprint density at radius 3 is 1.74 bits per heavy atom. The molecular formula is C13H26O8S2. The Bertz CT molecular complexity index is 586. The molecule has 0 aliphatic rings. The molecular weight excluding hydrogens is 348 g/mol. The van der Waals surface area contributed by atoms with E-state index in [0.29, 0.717) is 0 Å². The van der Waals surface area contributed by atoms with Gasteiger partial charge in [0.2, 0.25) is 0 Å². The zero-order chi connectivity index (χ0) is 18.5. The first-order valence-electron chi connectivity index (χ1n) is 7.11. The highest BCUT2D eigenvalue weighted by Gasteiger charge is 2.30. The SMILES string of the molecule is CC[C@@H](OS(C)(=O)=O)[C@@H](CCC(=O)OC(C)(C)C)OS(C)(=O)=O. The summed E-state index contributed by atoms with van der Waals surface area (Å²) in [6, 6.07) is 0. The summed E-state index contributed by atoms with van der Waals surface area (Å²) in [5.74, 6) is -0.534. The summed E-state index contributed by atoms with van der Waals surface area (Å²) in [5.41, 5.74) is -0.669. The van der Waals surface area contributed by atoms with Gasteiger partial charge in [-0.25, -0.2) is 0 Å². The van der Waals surface area contributed by atoms with Gasteiger partial charge in [-0.2, -0.15) is 16.8 Å². The highest BCUT2D eigenvalue weighted by molar-refractivity contribution is 7.86. The Labute approximate surface area is 138 Å². The summed E-state index contributed by atoms with van der Waals surface area (Å²) < 4.78 is 60.2. The van der Waals surface area contributed by atoms with Crippen molar-refractivity contribution in [3.8, 4) is 0 Å². The van der Waals surface area contributed by atoms with Crippen molar-refractivity contribution in [1.82, 2.24) is 0 Å². The van der Waals surface area contributed by atoms with Gasteiger partial charge in [0.25, 0.3) is 20.2 Å². The number of carbonyl (C=O) groups is 1. The molecule has 0 saturated heterocycles. The van der Waals surface area contributed by atoms with Crippen LogP contribution in [0, 0.1) is 0 Å². The Balaban J connectivity index is 5.04. The summed E-state index contributed by atoms with van der Waals surface area (Å²) >= 11 is 0. The molecule has 0 fully saturated rings. The fourth-order valence-corrected chi connectivity index (χ4v) is 3.17. The molecule has 0 aliphatic carbocycles. The maximum absolute atomic E-state index is 11.7. The van der Waals surface area contributed by atoms with Gasteiger partial charge in [-0.3, -0.25) is 13.2 Å². The molecule has 0 spiro atoms. The van der Waals surface area contributed by atoms with Crippen molar-refractivity contribution in [2.45, 2.75) is 64.8 Å². The quantitative estimate of drug-likeness (QED) is 0.437. The molecule has 0 saturated carbocycles. The molecule has 0 heterocycles. The zero-order valence-corrected chi connectivity index (χ0v) is 16.0. The number of carbonyl (C=O) groups excluding carboxylic acids is 1. The Hall–Kier alpha value is -0.710. The van der Waals surface area contributed by atoms with Crippen LogP contribution in [0.1, 0.15) is 47.0 Å². The Morgan fingerprint density at radius 1 is 0.957 bits per heavy atom. The van der Waals surface area contributed by atoms with E-state index in [-0.39, 0.29) is 19.3 Å². The van der Waals surface area contributed by atoms with Gasteiger partial charge in [0.05, 0.1) is 12.5 Å². The van der Waals surface area contributed by atoms with Crippen LogP contribution in [0.4, 0.5) is 0 Å². The van der Waals surface area contributed by atoms with Crippen molar-refractivity contribution >= 4 is 26.2 Å². The number of hydrogen-bond acceptors (Lipinski definition) is 8. The molecule has 2 atom stereocenters. The lowest BCUT2D eigenvalue weighted by atomic mass is 10.1. The fourth-order valence-electron chi connectivity index (χ4n) is 1.79. The molecule has 10 heteroatoms. The standard InChI is InChI=1S/C13H26O8S2/c1-7-10(20-22(5,15)16)11(21-23(6,17)18)8-9-12(14)19-13(2,3)4/h10-11H,7-9H2,1-6H3/t10-,11-/m1/s1. The lowest BCUT2D eigenvalue weighted by Crippen LogP contribution is -2.35. The molecule has 0 aromatic rings. The second-order valence-electron chi connectivity index (χ2n) is 6.21.